The molecule has 88 valence electrons. The molecule has 0 aliphatic rings. The molecule has 2 rings (SSSR count). The van der Waals surface area contributed by atoms with Crippen molar-refractivity contribution >= 4 is 20.0 Å². The maximum absolute atomic E-state index is 11.8. The van der Waals surface area contributed by atoms with E-state index >= 15 is 0 Å². The van der Waals surface area contributed by atoms with E-state index in [1.807, 2.05) is 72.8 Å². The molecule has 0 N–H and O–H groups in total. The lowest BCUT2D eigenvalue weighted by Gasteiger charge is -1.87. The Balaban J connectivity index is 1.97. The average Bonchev–Trinajstić information content (AvgIpc) is 2.45. The molecule has 2 aromatic carbocycles. The summed E-state index contributed by atoms with van der Waals surface area (Å²) in [5.74, 6) is 3.45. The second kappa shape index (κ2) is 6.68. The van der Waals surface area contributed by atoms with Crippen LogP contribution in [-0.2, 0) is 4.57 Å². The molecule has 0 aliphatic carbocycles. The molecule has 2 heteroatoms. The zero-order valence-corrected chi connectivity index (χ0v) is 10.8. The van der Waals surface area contributed by atoms with Gasteiger partial charge in [0.1, 0.15) is 0 Å². The van der Waals surface area contributed by atoms with Gasteiger partial charge in [-0.3, -0.25) is 0 Å². The zero-order valence-electron chi connectivity index (χ0n) is 9.94. The molecule has 0 aromatic heterocycles. The first-order valence-electron chi connectivity index (χ1n) is 5.76. The van der Waals surface area contributed by atoms with Gasteiger partial charge in [0, 0.05) is 0 Å². The molecule has 1 nitrogen and oxygen atoms in total. The molecule has 0 radical (unpaired) electrons. The topological polar surface area (TPSA) is 17.1 Å². The molecule has 0 unspecified atom stereocenters. The third-order valence-corrected chi connectivity index (χ3v) is 3.31. The number of hydrogen-bond acceptors (Lipinski definition) is 1. The zero-order chi connectivity index (χ0) is 12.6. The van der Waals surface area contributed by atoms with E-state index < -0.39 is 7.80 Å². The summed E-state index contributed by atoms with van der Waals surface area (Å²) >= 11 is 0. The molecule has 0 aliphatic heterocycles. The van der Waals surface area contributed by atoms with Crippen molar-refractivity contribution in [1.29, 1.82) is 0 Å². The van der Waals surface area contributed by atoms with Crippen LogP contribution in [0.4, 0.5) is 0 Å². The van der Waals surface area contributed by atoms with Crippen molar-refractivity contribution in [3.8, 4) is 0 Å². The molecule has 0 fully saturated rings. The fourth-order valence-corrected chi connectivity index (χ4v) is 2.23. The van der Waals surface area contributed by atoms with Crippen LogP contribution < -0.4 is 0 Å². The van der Waals surface area contributed by atoms with Crippen LogP contribution >= 0.6 is 7.80 Å². The standard InChI is InChI=1S/C16H14OP/c17-18(13-11-15-7-3-1-4-8-15)14-12-16-9-5-2-6-10-16/h1-14H/q+1. The predicted octanol–water partition coefficient (Wildman–Crippen LogP) is 5.16. The van der Waals surface area contributed by atoms with Crippen molar-refractivity contribution in [3.05, 3.63) is 83.4 Å². The van der Waals surface area contributed by atoms with E-state index in [4.69, 9.17) is 0 Å². The minimum absolute atomic E-state index is 1.06. The molecule has 0 spiro atoms. The average molecular weight is 253 g/mol. The summed E-state index contributed by atoms with van der Waals surface area (Å²) in [6.45, 7) is 0. The smallest absolute Gasteiger partial charge is 0.0627 e. The first-order chi connectivity index (χ1) is 8.84. The molecular weight excluding hydrogens is 239 g/mol. The van der Waals surface area contributed by atoms with E-state index in [2.05, 4.69) is 0 Å². The number of hydrogen-bond donors (Lipinski definition) is 0. The van der Waals surface area contributed by atoms with Gasteiger partial charge in [-0.2, -0.15) is 0 Å². The number of benzene rings is 2. The highest BCUT2D eigenvalue weighted by Gasteiger charge is 2.03. The van der Waals surface area contributed by atoms with Crippen LogP contribution in [0.2, 0.25) is 0 Å². The summed E-state index contributed by atoms with van der Waals surface area (Å²) < 4.78 is 11.8. The Morgan fingerprint density at radius 3 is 1.44 bits per heavy atom. The summed E-state index contributed by atoms with van der Waals surface area (Å²) in [6.07, 6.45) is 3.77. The summed E-state index contributed by atoms with van der Waals surface area (Å²) in [5.41, 5.74) is 2.13. The highest BCUT2D eigenvalue weighted by atomic mass is 31.1. The molecular formula is C16H14OP+. The fraction of sp³-hybridized carbons (Fsp3) is 0. The van der Waals surface area contributed by atoms with Gasteiger partial charge in [-0.25, -0.2) is 0 Å². The summed E-state index contributed by atoms with van der Waals surface area (Å²) in [7, 11) is -1.44. The first-order valence-corrected chi connectivity index (χ1v) is 7.16. The van der Waals surface area contributed by atoms with E-state index in [0.29, 0.717) is 0 Å². The molecule has 0 saturated heterocycles. The molecule has 0 heterocycles. The van der Waals surface area contributed by atoms with E-state index in [1.165, 1.54) is 0 Å². The van der Waals surface area contributed by atoms with Gasteiger partial charge >= 0.3 is 7.80 Å². The van der Waals surface area contributed by atoms with Gasteiger partial charge in [0.2, 0.25) is 0 Å². The summed E-state index contributed by atoms with van der Waals surface area (Å²) in [6, 6.07) is 19.7. The van der Waals surface area contributed by atoms with E-state index in [-0.39, 0.29) is 0 Å². The quantitative estimate of drug-likeness (QED) is 0.688. The Morgan fingerprint density at radius 2 is 1.06 bits per heavy atom. The monoisotopic (exact) mass is 253 g/mol. The van der Waals surface area contributed by atoms with Crippen LogP contribution in [-0.4, -0.2) is 0 Å². The second-order valence-electron chi connectivity index (χ2n) is 3.81. The molecule has 0 bridgehead atoms. The molecule has 0 amide bonds. The van der Waals surface area contributed by atoms with E-state index in [0.717, 1.165) is 11.1 Å². The van der Waals surface area contributed by atoms with Gasteiger partial charge in [0.05, 0.1) is 0 Å². The lowest BCUT2D eigenvalue weighted by Crippen LogP contribution is -1.67. The van der Waals surface area contributed by atoms with Crippen molar-refractivity contribution in [2.45, 2.75) is 0 Å². The lowest BCUT2D eigenvalue weighted by atomic mass is 10.2. The summed E-state index contributed by atoms with van der Waals surface area (Å²) in [4.78, 5) is 0. The summed E-state index contributed by atoms with van der Waals surface area (Å²) in [5, 5.41) is 0. The maximum atomic E-state index is 11.8. The van der Waals surface area contributed by atoms with Gasteiger partial charge in [0.15, 0.2) is 11.6 Å². The Bertz CT molecular complexity index is 505. The SMILES string of the molecule is O=[P+](C=Cc1ccccc1)C=Cc1ccccc1. The Hall–Kier alpha value is -1.98. The van der Waals surface area contributed by atoms with Crippen LogP contribution in [0.1, 0.15) is 11.1 Å². The highest BCUT2D eigenvalue weighted by Crippen LogP contribution is 2.26. The van der Waals surface area contributed by atoms with Gasteiger partial charge < -0.3 is 0 Å². The number of rotatable bonds is 4. The molecule has 0 atom stereocenters. The van der Waals surface area contributed by atoms with Crippen LogP contribution in [0.25, 0.3) is 12.2 Å². The van der Waals surface area contributed by atoms with Gasteiger partial charge in [-0.15, -0.1) is 0 Å². The molecule has 18 heavy (non-hydrogen) atoms. The maximum Gasteiger partial charge on any atom is 0.400 e. The van der Waals surface area contributed by atoms with Gasteiger partial charge in [-0.1, -0.05) is 65.2 Å². The Labute approximate surface area is 108 Å². The van der Waals surface area contributed by atoms with E-state index in [9.17, 15) is 4.57 Å². The van der Waals surface area contributed by atoms with Crippen molar-refractivity contribution in [3.63, 3.8) is 0 Å². The predicted molar refractivity (Wildman–Crippen MR) is 78.6 cm³/mol. The van der Waals surface area contributed by atoms with Crippen LogP contribution in [0.3, 0.4) is 0 Å². The minimum atomic E-state index is -1.44. The highest BCUT2D eigenvalue weighted by molar-refractivity contribution is 7.52. The fourth-order valence-electron chi connectivity index (χ4n) is 1.50. The van der Waals surface area contributed by atoms with Crippen LogP contribution in [0, 0.1) is 0 Å². The Morgan fingerprint density at radius 1 is 0.667 bits per heavy atom. The third-order valence-electron chi connectivity index (χ3n) is 2.43. The van der Waals surface area contributed by atoms with Crippen LogP contribution in [0.15, 0.2) is 72.3 Å². The largest absolute Gasteiger partial charge is 0.400 e. The van der Waals surface area contributed by atoms with Crippen molar-refractivity contribution < 1.29 is 4.57 Å². The van der Waals surface area contributed by atoms with Crippen LogP contribution in [0.5, 0.6) is 0 Å². The minimum Gasteiger partial charge on any atom is -0.0627 e. The Kier molecular flexibility index (Phi) is 4.63. The van der Waals surface area contributed by atoms with Gasteiger partial charge in [0.25, 0.3) is 0 Å². The first kappa shape index (κ1) is 12.5. The normalized spacial score (nSPS) is 12.1. The molecule has 0 saturated carbocycles. The lowest BCUT2D eigenvalue weighted by molar-refractivity contribution is 0.597. The van der Waals surface area contributed by atoms with Gasteiger partial charge in [-0.05, 0) is 23.3 Å². The second-order valence-corrected chi connectivity index (χ2v) is 5.13. The van der Waals surface area contributed by atoms with Crippen molar-refractivity contribution in [2.24, 2.45) is 0 Å². The van der Waals surface area contributed by atoms with Crippen molar-refractivity contribution in [1.82, 2.24) is 0 Å². The van der Waals surface area contributed by atoms with E-state index in [1.54, 1.807) is 11.6 Å². The van der Waals surface area contributed by atoms with Crippen molar-refractivity contribution in [2.75, 3.05) is 0 Å². The third kappa shape index (κ3) is 4.12. The molecule has 2 aromatic rings.